The number of esters is 1. The highest BCUT2D eigenvalue weighted by molar-refractivity contribution is 7.07. The number of carbonyl (C=O) groups excluding carboxylic acids is 2. The minimum Gasteiger partial charge on any atom is -0.465 e. The molecule has 0 radical (unpaired) electrons. The van der Waals surface area contributed by atoms with Crippen molar-refractivity contribution in [1.29, 1.82) is 0 Å². The number of amides is 1. The Labute approximate surface area is 261 Å². The van der Waals surface area contributed by atoms with Gasteiger partial charge in [-0.1, -0.05) is 109 Å². The van der Waals surface area contributed by atoms with Crippen LogP contribution in [0.3, 0.4) is 0 Å². The Hall–Kier alpha value is -4.56. The molecule has 0 saturated carbocycles. The summed E-state index contributed by atoms with van der Waals surface area (Å²) in [7, 11) is 0. The number of para-hydroxylation sites is 1. The summed E-state index contributed by atoms with van der Waals surface area (Å²) in [5.74, 6) is -0.873. The van der Waals surface area contributed by atoms with Gasteiger partial charge in [0.2, 0.25) is 0 Å². The van der Waals surface area contributed by atoms with Crippen molar-refractivity contribution < 1.29 is 19.1 Å². The first-order chi connectivity index (χ1) is 21.6. The molecule has 1 N–H and O–H groups in total. The van der Waals surface area contributed by atoms with Crippen LogP contribution in [0.5, 0.6) is 0 Å². The van der Waals surface area contributed by atoms with E-state index in [1.165, 1.54) is 0 Å². The number of hydrogen-bond donors (Lipinski definition) is 1. The number of anilines is 1. The third-order valence-electron chi connectivity index (χ3n) is 7.92. The fourth-order valence-corrected chi connectivity index (χ4v) is 6.52. The van der Waals surface area contributed by atoms with Crippen LogP contribution in [0.1, 0.15) is 40.8 Å². The standard InChI is InChI=1S/C37H34N2O4S/c1-2-42-35(40)34(38-33(29-16-8-4-9-17-29)30-18-10-5-11-19-30)37(43-25-28-22-23-44-26-28)31-20-12-13-21-32(31)39(36(37)41)24-27-14-6-3-7-15-27/h3-23,26,33-34,38H,2,24-25H2,1H3/t34?,37-/m0/s1. The van der Waals surface area contributed by atoms with E-state index in [2.05, 4.69) is 5.32 Å². The molecule has 2 heterocycles. The summed E-state index contributed by atoms with van der Waals surface area (Å²) < 4.78 is 12.5. The lowest BCUT2D eigenvalue weighted by molar-refractivity contribution is -0.169. The van der Waals surface area contributed by atoms with Crippen molar-refractivity contribution in [3.8, 4) is 0 Å². The molecule has 0 aliphatic carbocycles. The molecule has 1 aromatic heterocycles. The first-order valence-electron chi connectivity index (χ1n) is 14.7. The van der Waals surface area contributed by atoms with Gasteiger partial charge >= 0.3 is 5.97 Å². The molecule has 0 fully saturated rings. The van der Waals surface area contributed by atoms with Gasteiger partial charge in [0.05, 0.1) is 31.5 Å². The van der Waals surface area contributed by atoms with Crippen molar-refractivity contribution in [1.82, 2.24) is 5.32 Å². The van der Waals surface area contributed by atoms with Gasteiger partial charge in [-0.25, -0.2) is 0 Å². The van der Waals surface area contributed by atoms with Gasteiger partial charge in [-0.2, -0.15) is 11.3 Å². The van der Waals surface area contributed by atoms with E-state index in [9.17, 15) is 4.79 Å². The molecule has 0 spiro atoms. The predicted octanol–water partition coefficient (Wildman–Crippen LogP) is 7.02. The largest absolute Gasteiger partial charge is 0.465 e. The maximum atomic E-state index is 15.0. The van der Waals surface area contributed by atoms with Crippen molar-refractivity contribution >= 4 is 28.9 Å². The molecule has 222 valence electrons. The summed E-state index contributed by atoms with van der Waals surface area (Å²) in [6, 6.07) is 37.6. The normalized spacial score (nSPS) is 16.6. The smallest absolute Gasteiger partial charge is 0.327 e. The average molecular weight is 603 g/mol. The lowest BCUT2D eigenvalue weighted by atomic mass is 9.85. The molecule has 7 heteroatoms. The van der Waals surface area contributed by atoms with Crippen LogP contribution in [0.2, 0.25) is 0 Å². The molecule has 0 bridgehead atoms. The summed E-state index contributed by atoms with van der Waals surface area (Å²) >= 11 is 1.56. The van der Waals surface area contributed by atoms with Crippen LogP contribution >= 0.6 is 11.3 Å². The minimum absolute atomic E-state index is 0.141. The SMILES string of the molecule is CCOC(=O)C(NC(c1ccccc1)c1ccccc1)[C@]1(OCc2ccsc2)C(=O)N(Cc2ccccc2)c2ccccc21. The van der Waals surface area contributed by atoms with Crippen LogP contribution in [0.4, 0.5) is 5.69 Å². The first-order valence-corrected chi connectivity index (χ1v) is 15.7. The second kappa shape index (κ2) is 13.4. The number of thiophene rings is 1. The van der Waals surface area contributed by atoms with E-state index >= 15 is 4.79 Å². The van der Waals surface area contributed by atoms with E-state index in [1.807, 2.05) is 132 Å². The Bertz CT molecular complexity index is 1640. The molecule has 1 amide bonds. The Kier molecular flexibility index (Phi) is 8.98. The van der Waals surface area contributed by atoms with Crippen LogP contribution in [-0.4, -0.2) is 24.5 Å². The maximum absolute atomic E-state index is 15.0. The lowest BCUT2D eigenvalue weighted by Gasteiger charge is -2.38. The topological polar surface area (TPSA) is 67.9 Å². The Balaban J connectivity index is 1.52. The Morgan fingerprint density at radius 1 is 0.818 bits per heavy atom. The summed E-state index contributed by atoms with van der Waals surface area (Å²) in [6.45, 7) is 2.40. The number of nitrogens with zero attached hydrogens (tertiary/aromatic N) is 1. The highest BCUT2D eigenvalue weighted by atomic mass is 32.1. The third-order valence-corrected chi connectivity index (χ3v) is 8.65. The maximum Gasteiger partial charge on any atom is 0.327 e. The average Bonchev–Trinajstić information content (AvgIpc) is 3.67. The molecule has 6 nitrogen and oxygen atoms in total. The Morgan fingerprint density at radius 2 is 1.43 bits per heavy atom. The number of fused-ring (bicyclic) bond motifs is 1. The van der Waals surface area contributed by atoms with Gasteiger partial charge in [-0.05, 0) is 52.1 Å². The van der Waals surface area contributed by atoms with Gasteiger partial charge < -0.3 is 14.4 Å². The third kappa shape index (κ3) is 5.82. The lowest BCUT2D eigenvalue weighted by Crippen LogP contribution is -2.60. The molecule has 6 rings (SSSR count). The van der Waals surface area contributed by atoms with Crippen molar-refractivity contribution in [2.45, 2.75) is 37.8 Å². The second-order valence-electron chi connectivity index (χ2n) is 10.7. The highest BCUT2D eigenvalue weighted by Gasteiger charge is 2.60. The Morgan fingerprint density at radius 3 is 2.05 bits per heavy atom. The summed E-state index contributed by atoms with van der Waals surface area (Å²) in [5, 5.41) is 7.56. The van der Waals surface area contributed by atoms with Gasteiger partial charge in [-0.15, -0.1) is 0 Å². The monoisotopic (exact) mass is 602 g/mol. The van der Waals surface area contributed by atoms with Crippen LogP contribution in [0.15, 0.2) is 132 Å². The molecule has 1 aliphatic rings. The van der Waals surface area contributed by atoms with Crippen LogP contribution in [-0.2, 0) is 37.8 Å². The summed E-state index contributed by atoms with van der Waals surface area (Å²) in [6.07, 6.45) is 0. The zero-order valence-electron chi connectivity index (χ0n) is 24.5. The van der Waals surface area contributed by atoms with Crippen molar-refractivity contribution in [3.63, 3.8) is 0 Å². The number of carbonyl (C=O) groups is 2. The number of rotatable bonds is 12. The summed E-state index contributed by atoms with van der Waals surface area (Å²) in [5.41, 5.74) is 3.41. The molecule has 0 saturated heterocycles. The predicted molar refractivity (Wildman–Crippen MR) is 173 cm³/mol. The van der Waals surface area contributed by atoms with E-state index in [0.717, 1.165) is 22.3 Å². The molecule has 1 unspecified atom stereocenters. The molecule has 5 aromatic rings. The first kappa shape index (κ1) is 29.5. The van der Waals surface area contributed by atoms with Crippen LogP contribution < -0.4 is 10.2 Å². The summed E-state index contributed by atoms with van der Waals surface area (Å²) in [4.78, 5) is 30.9. The quantitative estimate of drug-likeness (QED) is 0.156. The van der Waals surface area contributed by atoms with E-state index in [0.29, 0.717) is 17.8 Å². The minimum atomic E-state index is -1.71. The molecule has 1 aliphatic heterocycles. The van der Waals surface area contributed by atoms with E-state index < -0.39 is 23.7 Å². The zero-order chi connectivity index (χ0) is 30.4. The molecule has 44 heavy (non-hydrogen) atoms. The van der Waals surface area contributed by atoms with E-state index in [4.69, 9.17) is 9.47 Å². The second-order valence-corrected chi connectivity index (χ2v) is 11.4. The number of ether oxygens (including phenoxy) is 2. The van der Waals surface area contributed by atoms with E-state index in [-0.39, 0.29) is 19.1 Å². The van der Waals surface area contributed by atoms with Crippen molar-refractivity contribution in [3.05, 3.63) is 160 Å². The molecular formula is C37H34N2O4S. The van der Waals surface area contributed by atoms with Gasteiger partial charge in [0.1, 0.15) is 6.04 Å². The fourth-order valence-electron chi connectivity index (χ4n) is 5.86. The van der Waals surface area contributed by atoms with Gasteiger partial charge in [0.25, 0.3) is 5.91 Å². The van der Waals surface area contributed by atoms with Gasteiger partial charge in [0, 0.05) is 5.56 Å². The van der Waals surface area contributed by atoms with Crippen LogP contribution in [0.25, 0.3) is 0 Å². The molecule has 4 aromatic carbocycles. The van der Waals surface area contributed by atoms with E-state index in [1.54, 1.807) is 23.2 Å². The van der Waals surface area contributed by atoms with Crippen LogP contribution in [0, 0.1) is 0 Å². The number of nitrogens with one attached hydrogen (secondary N) is 1. The molecule has 2 atom stereocenters. The van der Waals surface area contributed by atoms with Crippen molar-refractivity contribution in [2.24, 2.45) is 0 Å². The highest BCUT2D eigenvalue weighted by Crippen LogP contribution is 2.47. The van der Waals surface area contributed by atoms with Gasteiger partial charge in [0.15, 0.2) is 5.60 Å². The number of benzene rings is 4. The van der Waals surface area contributed by atoms with Crippen molar-refractivity contribution in [2.75, 3.05) is 11.5 Å². The molecular weight excluding hydrogens is 568 g/mol. The van der Waals surface area contributed by atoms with Gasteiger partial charge in [-0.3, -0.25) is 14.9 Å². The zero-order valence-corrected chi connectivity index (χ0v) is 25.3. The number of hydrogen-bond acceptors (Lipinski definition) is 6. The fraction of sp³-hybridized carbons (Fsp3) is 0.189.